The minimum absolute atomic E-state index is 0.0869. The van der Waals surface area contributed by atoms with Gasteiger partial charge in [0.25, 0.3) is 5.91 Å². The van der Waals surface area contributed by atoms with Crippen LogP contribution in [0.4, 0.5) is 5.82 Å². The third-order valence-corrected chi connectivity index (χ3v) is 6.01. The monoisotopic (exact) mass is 425 g/mol. The Labute approximate surface area is 180 Å². The molecule has 0 saturated carbocycles. The Morgan fingerprint density at radius 1 is 1.29 bits per heavy atom. The van der Waals surface area contributed by atoms with E-state index in [4.69, 9.17) is 20.9 Å². The van der Waals surface area contributed by atoms with Gasteiger partial charge in [0, 0.05) is 6.54 Å². The van der Waals surface area contributed by atoms with E-state index in [2.05, 4.69) is 11.7 Å². The molecule has 4 rings (SSSR count). The van der Waals surface area contributed by atoms with Crippen LogP contribution in [0.1, 0.15) is 46.1 Å². The van der Waals surface area contributed by atoms with Gasteiger partial charge in [0.05, 0.1) is 12.6 Å². The topological polar surface area (TPSA) is 126 Å². The molecule has 2 aromatic rings. The summed E-state index contributed by atoms with van der Waals surface area (Å²) in [5.41, 5.74) is 14.5. The summed E-state index contributed by atoms with van der Waals surface area (Å²) in [6.45, 7) is 8.74. The molecule has 3 heterocycles. The van der Waals surface area contributed by atoms with Gasteiger partial charge in [-0.05, 0) is 56.0 Å². The van der Waals surface area contributed by atoms with Gasteiger partial charge in [-0.3, -0.25) is 9.59 Å². The Morgan fingerprint density at radius 3 is 2.68 bits per heavy atom. The maximum absolute atomic E-state index is 12.2. The summed E-state index contributed by atoms with van der Waals surface area (Å²) in [5.74, 6) is 0.585. The molecule has 9 nitrogen and oxygen atoms in total. The second-order valence-electron chi connectivity index (χ2n) is 8.02. The lowest BCUT2D eigenvalue weighted by Gasteiger charge is -2.26. The van der Waals surface area contributed by atoms with Crippen LogP contribution < -0.4 is 20.9 Å². The van der Waals surface area contributed by atoms with Gasteiger partial charge in [-0.25, -0.2) is 4.68 Å². The number of benzene rings is 1. The van der Waals surface area contributed by atoms with Crippen molar-refractivity contribution in [2.45, 2.75) is 45.4 Å². The highest BCUT2D eigenvalue weighted by atomic mass is 16.6. The van der Waals surface area contributed by atoms with Crippen molar-refractivity contribution in [2.24, 2.45) is 5.73 Å². The van der Waals surface area contributed by atoms with Gasteiger partial charge >= 0.3 is 0 Å². The molecule has 0 aliphatic carbocycles. The van der Waals surface area contributed by atoms with E-state index in [1.54, 1.807) is 4.90 Å². The second kappa shape index (κ2) is 7.98. The number of aromatic nitrogens is 2. The maximum atomic E-state index is 12.2. The third-order valence-electron chi connectivity index (χ3n) is 6.01. The molecule has 4 N–H and O–H groups in total. The summed E-state index contributed by atoms with van der Waals surface area (Å²) in [7, 11) is 0. The Balaban J connectivity index is 1.64. The SMILES string of the molecule is C=CC(=O)N1CCC[C@H]1Cn1nc(C2COc3cc(C)c(C)cc3O2)c(C(N)=O)c1N. The number of carbonyl (C=O) groups is 2. The third kappa shape index (κ3) is 3.71. The largest absolute Gasteiger partial charge is 0.485 e. The minimum atomic E-state index is -0.682. The fourth-order valence-corrected chi connectivity index (χ4v) is 4.20. The van der Waals surface area contributed by atoms with Crippen molar-refractivity contribution >= 4 is 17.6 Å². The van der Waals surface area contributed by atoms with Crippen LogP contribution in [0.25, 0.3) is 0 Å². The second-order valence-corrected chi connectivity index (χ2v) is 8.02. The van der Waals surface area contributed by atoms with Crippen LogP contribution in [0.3, 0.4) is 0 Å². The van der Waals surface area contributed by atoms with Crippen molar-refractivity contribution in [2.75, 3.05) is 18.9 Å². The quantitative estimate of drug-likeness (QED) is 0.705. The molecule has 9 heteroatoms. The zero-order valence-corrected chi connectivity index (χ0v) is 17.8. The molecular formula is C22H27N5O4. The van der Waals surface area contributed by atoms with Gasteiger partial charge in [-0.1, -0.05) is 6.58 Å². The van der Waals surface area contributed by atoms with Crippen molar-refractivity contribution in [3.8, 4) is 11.5 Å². The van der Waals surface area contributed by atoms with E-state index in [1.165, 1.54) is 10.8 Å². The van der Waals surface area contributed by atoms with E-state index >= 15 is 0 Å². The summed E-state index contributed by atoms with van der Waals surface area (Å²) in [6, 6.07) is 3.74. The summed E-state index contributed by atoms with van der Waals surface area (Å²) in [4.78, 5) is 26.1. The number of amides is 2. The molecule has 2 aliphatic heterocycles. The predicted molar refractivity (Wildman–Crippen MR) is 115 cm³/mol. The average Bonchev–Trinajstić information content (AvgIpc) is 3.33. The number of fused-ring (bicyclic) bond motifs is 1. The molecule has 164 valence electrons. The number of rotatable bonds is 5. The van der Waals surface area contributed by atoms with E-state index in [1.807, 2.05) is 26.0 Å². The number of hydrogen-bond donors (Lipinski definition) is 2. The molecule has 1 aromatic heterocycles. The van der Waals surface area contributed by atoms with Gasteiger partial charge in [0.15, 0.2) is 17.6 Å². The van der Waals surface area contributed by atoms with Crippen LogP contribution in [-0.2, 0) is 11.3 Å². The molecule has 0 bridgehead atoms. The van der Waals surface area contributed by atoms with E-state index < -0.39 is 12.0 Å². The molecule has 1 aromatic carbocycles. The molecular weight excluding hydrogens is 398 g/mol. The number of likely N-dealkylation sites (tertiary alicyclic amines) is 1. The fraction of sp³-hybridized carbons (Fsp3) is 0.409. The standard InChI is InChI=1S/C22H27N5O4/c1-4-18(28)26-7-5-6-14(26)10-27-21(23)19(22(24)29)20(25-27)17-11-30-15-8-12(2)13(3)9-16(15)31-17/h4,8-9,14,17H,1,5-7,10-11,23H2,2-3H3,(H2,24,29)/t14-,17?/m0/s1. The molecule has 1 saturated heterocycles. The highest BCUT2D eigenvalue weighted by Gasteiger charge is 2.34. The number of carbonyl (C=O) groups excluding carboxylic acids is 2. The molecule has 31 heavy (non-hydrogen) atoms. The van der Waals surface area contributed by atoms with Crippen LogP contribution in [0.2, 0.25) is 0 Å². The Bertz CT molecular complexity index is 1060. The number of anilines is 1. The smallest absolute Gasteiger partial charge is 0.254 e. The Hall–Kier alpha value is -3.49. The Morgan fingerprint density at radius 2 is 2.00 bits per heavy atom. The zero-order chi connectivity index (χ0) is 22.3. The lowest BCUT2D eigenvalue weighted by Crippen LogP contribution is -2.37. The zero-order valence-electron chi connectivity index (χ0n) is 17.8. The fourth-order valence-electron chi connectivity index (χ4n) is 4.20. The normalized spacial score (nSPS) is 20.0. The van der Waals surface area contributed by atoms with E-state index in [0.717, 1.165) is 24.0 Å². The van der Waals surface area contributed by atoms with Gasteiger partial charge in [-0.15, -0.1) is 0 Å². The molecule has 0 radical (unpaired) electrons. The first-order valence-electron chi connectivity index (χ1n) is 10.3. The average molecular weight is 425 g/mol. The lowest BCUT2D eigenvalue weighted by molar-refractivity contribution is -0.127. The van der Waals surface area contributed by atoms with Crippen LogP contribution in [0.5, 0.6) is 11.5 Å². The van der Waals surface area contributed by atoms with Crippen LogP contribution in [-0.4, -0.2) is 45.7 Å². The first kappa shape index (κ1) is 20.8. The van der Waals surface area contributed by atoms with Crippen molar-refractivity contribution in [3.05, 3.63) is 47.2 Å². The van der Waals surface area contributed by atoms with Gasteiger partial charge in [0.1, 0.15) is 23.7 Å². The van der Waals surface area contributed by atoms with E-state index in [9.17, 15) is 9.59 Å². The van der Waals surface area contributed by atoms with Gasteiger partial charge in [0.2, 0.25) is 5.91 Å². The first-order valence-corrected chi connectivity index (χ1v) is 10.3. The van der Waals surface area contributed by atoms with Crippen molar-refractivity contribution in [3.63, 3.8) is 0 Å². The number of ether oxygens (including phenoxy) is 2. The number of hydrogen-bond acceptors (Lipinski definition) is 6. The van der Waals surface area contributed by atoms with Crippen molar-refractivity contribution in [1.29, 1.82) is 0 Å². The molecule has 0 spiro atoms. The summed E-state index contributed by atoms with van der Waals surface area (Å²) in [6.07, 6.45) is 2.38. The Kier molecular flexibility index (Phi) is 5.34. The van der Waals surface area contributed by atoms with E-state index in [-0.39, 0.29) is 29.9 Å². The van der Waals surface area contributed by atoms with Crippen molar-refractivity contribution < 1.29 is 19.1 Å². The van der Waals surface area contributed by atoms with Gasteiger partial charge < -0.3 is 25.8 Å². The van der Waals surface area contributed by atoms with Crippen LogP contribution in [0.15, 0.2) is 24.8 Å². The summed E-state index contributed by atoms with van der Waals surface area (Å²) >= 11 is 0. The number of nitrogen functional groups attached to an aromatic ring is 1. The van der Waals surface area contributed by atoms with Crippen LogP contribution in [0, 0.1) is 13.8 Å². The molecule has 1 fully saturated rings. The summed E-state index contributed by atoms with van der Waals surface area (Å²) < 4.78 is 13.5. The number of aryl methyl sites for hydroxylation is 2. The van der Waals surface area contributed by atoms with Crippen LogP contribution >= 0.6 is 0 Å². The van der Waals surface area contributed by atoms with E-state index in [0.29, 0.717) is 30.3 Å². The first-order chi connectivity index (χ1) is 14.8. The number of primary amides is 1. The van der Waals surface area contributed by atoms with Crippen molar-refractivity contribution in [1.82, 2.24) is 14.7 Å². The maximum Gasteiger partial charge on any atom is 0.254 e. The predicted octanol–water partition coefficient (Wildman–Crippen LogP) is 1.87. The lowest BCUT2D eigenvalue weighted by atomic mass is 10.1. The van der Waals surface area contributed by atoms with Gasteiger partial charge in [-0.2, -0.15) is 5.10 Å². The highest BCUT2D eigenvalue weighted by molar-refractivity contribution is 5.98. The molecule has 1 unspecified atom stereocenters. The summed E-state index contributed by atoms with van der Waals surface area (Å²) in [5, 5.41) is 4.57. The molecule has 2 atom stereocenters. The number of nitrogens with zero attached hydrogens (tertiary/aromatic N) is 3. The molecule has 2 amide bonds. The number of nitrogens with two attached hydrogens (primary N) is 2. The molecule has 2 aliphatic rings. The highest BCUT2D eigenvalue weighted by Crippen LogP contribution is 2.39. The minimum Gasteiger partial charge on any atom is -0.485 e.